The Morgan fingerprint density at radius 2 is 1.88 bits per heavy atom. The lowest BCUT2D eigenvalue weighted by Gasteiger charge is -2.12. The van der Waals surface area contributed by atoms with Crippen molar-refractivity contribution in [3.63, 3.8) is 0 Å². The highest BCUT2D eigenvalue weighted by molar-refractivity contribution is 5.96. The Labute approximate surface area is 102 Å². The van der Waals surface area contributed by atoms with Crippen molar-refractivity contribution in [2.75, 3.05) is 19.8 Å². The zero-order valence-electron chi connectivity index (χ0n) is 10.8. The van der Waals surface area contributed by atoms with E-state index in [1.165, 1.54) is 0 Å². The lowest BCUT2D eigenvalue weighted by molar-refractivity contribution is -0.121. The fourth-order valence-electron chi connectivity index (χ4n) is 1.09. The molecule has 0 heterocycles. The van der Waals surface area contributed by atoms with E-state index in [9.17, 15) is 9.59 Å². The summed E-state index contributed by atoms with van der Waals surface area (Å²) >= 11 is 0. The summed E-state index contributed by atoms with van der Waals surface area (Å²) in [5.41, 5.74) is 4.83. The van der Waals surface area contributed by atoms with Crippen LogP contribution in [0.4, 0.5) is 4.79 Å². The highest BCUT2D eigenvalue weighted by atomic mass is 16.5. The zero-order valence-corrected chi connectivity index (χ0v) is 10.8. The van der Waals surface area contributed by atoms with E-state index < -0.39 is 18.0 Å². The summed E-state index contributed by atoms with van der Waals surface area (Å²) in [4.78, 5) is 21.7. The summed E-state index contributed by atoms with van der Waals surface area (Å²) in [6, 6.07) is -1.30. The smallest absolute Gasteiger partial charge is 0.318 e. The zero-order chi connectivity index (χ0) is 13.3. The molecule has 0 aromatic heterocycles. The van der Waals surface area contributed by atoms with Crippen molar-refractivity contribution in [1.82, 2.24) is 10.6 Å². The molecule has 0 aliphatic heterocycles. The SMILES string of the molecule is CC(C)CCOCCNC(C)C(=O)NC(N)=O. The summed E-state index contributed by atoms with van der Waals surface area (Å²) in [6.45, 7) is 7.76. The molecule has 6 nitrogen and oxygen atoms in total. The van der Waals surface area contributed by atoms with Gasteiger partial charge in [-0.15, -0.1) is 0 Å². The van der Waals surface area contributed by atoms with Gasteiger partial charge in [-0.1, -0.05) is 13.8 Å². The van der Waals surface area contributed by atoms with Crippen LogP contribution < -0.4 is 16.4 Å². The fourth-order valence-corrected chi connectivity index (χ4v) is 1.09. The lowest BCUT2D eigenvalue weighted by Crippen LogP contribution is -2.47. The molecule has 1 unspecified atom stereocenters. The largest absolute Gasteiger partial charge is 0.380 e. The number of hydrogen-bond acceptors (Lipinski definition) is 4. The summed E-state index contributed by atoms with van der Waals surface area (Å²) in [5.74, 6) is 0.197. The van der Waals surface area contributed by atoms with Gasteiger partial charge < -0.3 is 15.8 Å². The van der Waals surface area contributed by atoms with E-state index >= 15 is 0 Å². The first-order chi connectivity index (χ1) is 7.93. The van der Waals surface area contributed by atoms with E-state index in [0.29, 0.717) is 19.1 Å². The molecule has 0 spiro atoms. The molecule has 0 fully saturated rings. The van der Waals surface area contributed by atoms with Crippen LogP contribution in [0.2, 0.25) is 0 Å². The summed E-state index contributed by atoms with van der Waals surface area (Å²) in [5, 5.41) is 4.94. The fraction of sp³-hybridized carbons (Fsp3) is 0.818. The van der Waals surface area contributed by atoms with Crippen LogP contribution >= 0.6 is 0 Å². The summed E-state index contributed by atoms with van der Waals surface area (Å²) in [7, 11) is 0. The Hall–Kier alpha value is -1.14. The number of ether oxygens (including phenoxy) is 1. The predicted octanol–water partition coefficient (Wildman–Crippen LogP) is 0.222. The normalized spacial score (nSPS) is 12.5. The Balaban J connectivity index is 3.47. The average Bonchev–Trinajstić information content (AvgIpc) is 2.21. The van der Waals surface area contributed by atoms with Gasteiger partial charge in [-0.25, -0.2) is 4.79 Å². The number of urea groups is 1. The van der Waals surface area contributed by atoms with Crippen molar-refractivity contribution in [2.24, 2.45) is 11.7 Å². The molecule has 1 atom stereocenters. The number of carbonyl (C=O) groups is 2. The van der Waals surface area contributed by atoms with Gasteiger partial charge >= 0.3 is 6.03 Å². The van der Waals surface area contributed by atoms with Crippen LogP contribution in [0.1, 0.15) is 27.2 Å². The van der Waals surface area contributed by atoms with E-state index in [1.807, 2.05) is 5.32 Å². The summed E-state index contributed by atoms with van der Waals surface area (Å²) in [6.07, 6.45) is 1.03. The minimum Gasteiger partial charge on any atom is -0.380 e. The van der Waals surface area contributed by atoms with Crippen molar-refractivity contribution in [3.8, 4) is 0 Å². The summed E-state index contributed by atoms with van der Waals surface area (Å²) < 4.78 is 5.37. The Bertz CT molecular complexity index is 244. The van der Waals surface area contributed by atoms with Crippen LogP contribution in [0.3, 0.4) is 0 Å². The number of imide groups is 1. The van der Waals surface area contributed by atoms with Crippen molar-refractivity contribution >= 4 is 11.9 Å². The number of amides is 3. The van der Waals surface area contributed by atoms with Crippen LogP contribution in [-0.4, -0.2) is 37.7 Å². The maximum absolute atomic E-state index is 11.2. The topological polar surface area (TPSA) is 93.4 Å². The standard InChI is InChI=1S/C11H23N3O3/c1-8(2)4-6-17-7-5-13-9(3)10(15)14-11(12)16/h8-9,13H,4-7H2,1-3H3,(H3,12,14,15,16). The molecule has 6 heteroatoms. The number of hydrogen-bond donors (Lipinski definition) is 3. The van der Waals surface area contributed by atoms with E-state index in [4.69, 9.17) is 10.5 Å². The van der Waals surface area contributed by atoms with Crippen molar-refractivity contribution < 1.29 is 14.3 Å². The first-order valence-electron chi connectivity index (χ1n) is 5.85. The van der Waals surface area contributed by atoms with Gasteiger partial charge in [0.1, 0.15) is 0 Å². The molecule has 0 aliphatic rings. The van der Waals surface area contributed by atoms with Crippen LogP contribution in [0, 0.1) is 5.92 Å². The third-order valence-electron chi connectivity index (χ3n) is 2.18. The van der Waals surface area contributed by atoms with Gasteiger partial charge in [0, 0.05) is 13.2 Å². The maximum Gasteiger partial charge on any atom is 0.318 e. The first kappa shape index (κ1) is 15.9. The Kier molecular flexibility index (Phi) is 8.35. The molecule has 0 saturated heterocycles. The maximum atomic E-state index is 11.2. The minimum absolute atomic E-state index is 0.431. The molecule has 0 aliphatic carbocycles. The molecule has 3 amide bonds. The predicted molar refractivity (Wildman–Crippen MR) is 65.5 cm³/mol. The van der Waals surface area contributed by atoms with Gasteiger partial charge in [-0.2, -0.15) is 0 Å². The quantitative estimate of drug-likeness (QED) is 0.533. The molecule has 17 heavy (non-hydrogen) atoms. The monoisotopic (exact) mass is 245 g/mol. The molecule has 0 saturated carbocycles. The molecule has 4 N–H and O–H groups in total. The molecular weight excluding hydrogens is 222 g/mol. The van der Waals surface area contributed by atoms with Crippen molar-refractivity contribution in [3.05, 3.63) is 0 Å². The Morgan fingerprint density at radius 1 is 1.24 bits per heavy atom. The molecule has 0 rings (SSSR count). The van der Waals surface area contributed by atoms with Crippen molar-refractivity contribution in [1.29, 1.82) is 0 Å². The van der Waals surface area contributed by atoms with Gasteiger partial charge in [-0.3, -0.25) is 10.1 Å². The van der Waals surface area contributed by atoms with Crippen LogP contribution in [0.15, 0.2) is 0 Å². The van der Waals surface area contributed by atoms with Crippen LogP contribution in [-0.2, 0) is 9.53 Å². The highest BCUT2D eigenvalue weighted by Gasteiger charge is 2.12. The van der Waals surface area contributed by atoms with Gasteiger partial charge in [0.15, 0.2) is 0 Å². The first-order valence-corrected chi connectivity index (χ1v) is 5.85. The van der Waals surface area contributed by atoms with Gasteiger partial charge in [0.25, 0.3) is 0 Å². The lowest BCUT2D eigenvalue weighted by atomic mass is 10.1. The Morgan fingerprint density at radius 3 is 2.41 bits per heavy atom. The number of nitrogens with one attached hydrogen (secondary N) is 2. The van der Waals surface area contributed by atoms with E-state index in [0.717, 1.165) is 13.0 Å². The molecule has 100 valence electrons. The number of nitrogens with two attached hydrogens (primary N) is 1. The van der Waals surface area contributed by atoms with Gasteiger partial charge in [-0.05, 0) is 19.3 Å². The molecular formula is C11H23N3O3. The van der Waals surface area contributed by atoms with Crippen LogP contribution in [0.5, 0.6) is 0 Å². The second-order valence-electron chi connectivity index (χ2n) is 4.32. The second-order valence-corrected chi connectivity index (χ2v) is 4.32. The minimum atomic E-state index is -0.836. The third kappa shape index (κ3) is 9.77. The molecule has 0 radical (unpaired) electrons. The van der Waals surface area contributed by atoms with Gasteiger partial charge in [0.2, 0.25) is 5.91 Å². The average molecular weight is 245 g/mol. The van der Waals surface area contributed by atoms with Crippen LogP contribution in [0.25, 0.3) is 0 Å². The van der Waals surface area contributed by atoms with E-state index in [-0.39, 0.29) is 0 Å². The van der Waals surface area contributed by atoms with Crippen molar-refractivity contribution in [2.45, 2.75) is 33.2 Å². The second kappa shape index (κ2) is 8.95. The molecule has 0 aromatic carbocycles. The van der Waals surface area contributed by atoms with E-state index in [1.54, 1.807) is 6.92 Å². The molecule has 0 aromatic rings. The number of carbonyl (C=O) groups excluding carboxylic acids is 2. The van der Waals surface area contributed by atoms with Gasteiger partial charge in [0.05, 0.1) is 12.6 Å². The van der Waals surface area contributed by atoms with E-state index in [2.05, 4.69) is 19.2 Å². The number of primary amides is 1. The highest BCUT2D eigenvalue weighted by Crippen LogP contribution is 1.98. The molecule has 0 bridgehead atoms. The number of rotatable bonds is 8. The third-order valence-corrected chi connectivity index (χ3v) is 2.18.